The average Bonchev–Trinajstić information content (AvgIpc) is 2.36. The first kappa shape index (κ1) is 32.8. The molecule has 0 heterocycles. The quantitative estimate of drug-likeness (QED) is 0.146. The zero-order valence-electron chi connectivity index (χ0n) is 15.4. The van der Waals surface area contributed by atoms with Gasteiger partial charge in [-0.15, -0.1) is 0 Å². The van der Waals surface area contributed by atoms with E-state index in [9.17, 15) is 14.4 Å². The molecule has 0 aromatic heterocycles. The Morgan fingerprint density at radius 3 is 2.12 bits per heavy atom. The molecule has 0 bridgehead atoms. The monoisotopic (exact) mass is 378 g/mol. The normalized spacial score (nSPS) is 13.8. The van der Waals surface area contributed by atoms with Gasteiger partial charge in [0.1, 0.15) is 5.76 Å². The predicted octanol–water partition coefficient (Wildman–Crippen LogP) is -2.46. The van der Waals surface area contributed by atoms with Crippen LogP contribution in [0.1, 0.15) is 48.5 Å². The molecule has 0 aromatic rings. The van der Waals surface area contributed by atoms with E-state index < -0.39 is 14.6 Å². The van der Waals surface area contributed by atoms with Gasteiger partial charge in [0.05, 0.1) is 7.82 Å². The molecule has 1 atom stereocenters. The van der Waals surface area contributed by atoms with Gasteiger partial charge in [-0.1, -0.05) is 53.3 Å². The summed E-state index contributed by atoms with van der Waals surface area (Å²) >= 11 is 0. The first-order chi connectivity index (χ1) is 9.71. The minimum Gasteiger partial charge on any atom is -0.790 e. The molecule has 5 nitrogen and oxygen atoms in total. The second-order valence-corrected chi connectivity index (χ2v) is 6.21. The molecule has 24 heavy (non-hydrogen) atoms. The van der Waals surface area contributed by atoms with E-state index in [1.807, 2.05) is 58.9 Å². The number of rotatable bonds is 9. The zero-order valence-corrected chi connectivity index (χ0v) is 20.3. The minimum absolute atomic E-state index is 0. The van der Waals surface area contributed by atoms with Gasteiger partial charge < -0.3 is 23.6 Å². The van der Waals surface area contributed by atoms with Gasteiger partial charge in [-0.05, 0) is 36.8 Å². The Bertz CT molecular complexity index is 442. The van der Waals surface area contributed by atoms with Crippen LogP contribution in [0.2, 0.25) is 0 Å². The van der Waals surface area contributed by atoms with Crippen LogP contribution in [-0.2, 0) is 13.8 Å². The predicted molar refractivity (Wildman–Crippen MR) is 86.6 cm³/mol. The molecular formula is C16H29Na2O5P. The van der Waals surface area contributed by atoms with Crippen molar-refractivity contribution in [2.75, 3.05) is 6.79 Å². The smallest absolute Gasteiger partial charge is 0.790 e. The molecule has 0 saturated heterocycles. The van der Waals surface area contributed by atoms with Crippen LogP contribution >= 0.6 is 7.82 Å². The van der Waals surface area contributed by atoms with Crippen LogP contribution in [0, 0.1) is 11.8 Å². The maximum Gasteiger partial charge on any atom is 1.00 e. The summed E-state index contributed by atoms with van der Waals surface area (Å²) in [6.07, 6.45) is 8.52. The summed E-state index contributed by atoms with van der Waals surface area (Å²) in [5, 5.41) is 0. The van der Waals surface area contributed by atoms with Gasteiger partial charge >= 0.3 is 59.1 Å². The Hall–Kier alpha value is 1.13. The van der Waals surface area contributed by atoms with E-state index in [1.54, 1.807) is 0 Å². The molecule has 8 heteroatoms. The van der Waals surface area contributed by atoms with Crippen LogP contribution < -0.4 is 68.9 Å². The molecular weight excluding hydrogens is 349 g/mol. The maximum atomic E-state index is 10.5. The summed E-state index contributed by atoms with van der Waals surface area (Å²) in [5.74, 6) is 0.993. The van der Waals surface area contributed by atoms with Crippen LogP contribution in [-0.4, -0.2) is 6.79 Å². The molecule has 0 rings (SSSR count). The molecule has 0 amide bonds. The van der Waals surface area contributed by atoms with Crippen molar-refractivity contribution < 1.29 is 82.7 Å². The van der Waals surface area contributed by atoms with Gasteiger partial charge in [0, 0.05) is 0 Å². The fourth-order valence-corrected chi connectivity index (χ4v) is 1.70. The second kappa shape index (κ2) is 17.5. The first-order valence-electron chi connectivity index (χ1n) is 7.05. The molecule has 0 aromatic carbocycles. The van der Waals surface area contributed by atoms with Crippen molar-refractivity contribution in [3.05, 3.63) is 35.6 Å². The molecule has 0 aliphatic carbocycles. The Labute approximate surface area is 191 Å². The number of hydrogen-bond donors (Lipinski definition) is 0. The van der Waals surface area contributed by atoms with E-state index in [1.165, 1.54) is 0 Å². The first-order valence-corrected chi connectivity index (χ1v) is 8.51. The van der Waals surface area contributed by atoms with E-state index in [0.717, 1.165) is 12.0 Å². The second-order valence-electron chi connectivity index (χ2n) is 5.06. The minimum atomic E-state index is -5.02. The van der Waals surface area contributed by atoms with E-state index in [-0.39, 0.29) is 78.4 Å². The molecule has 130 valence electrons. The van der Waals surface area contributed by atoms with Crippen molar-refractivity contribution in [1.29, 1.82) is 0 Å². The molecule has 0 fully saturated rings. The fraction of sp³-hybridized carbons (Fsp3) is 0.625. The number of phosphoric ester groups is 1. The third-order valence-electron chi connectivity index (χ3n) is 2.88. The summed E-state index contributed by atoms with van der Waals surface area (Å²) in [6.45, 7) is 9.40. The van der Waals surface area contributed by atoms with Crippen molar-refractivity contribution >= 4 is 7.82 Å². The summed E-state index contributed by atoms with van der Waals surface area (Å²) in [4.78, 5) is 21.0. The van der Waals surface area contributed by atoms with Crippen molar-refractivity contribution in [2.24, 2.45) is 11.8 Å². The fourth-order valence-electron chi connectivity index (χ4n) is 1.52. The summed E-state index contributed by atoms with van der Waals surface area (Å²) in [7, 11) is -5.02. The Balaban J connectivity index is -0.000000667. The van der Waals surface area contributed by atoms with Crippen LogP contribution in [0.3, 0.4) is 0 Å². The summed E-state index contributed by atoms with van der Waals surface area (Å²) in [5.41, 5.74) is 0.920. The van der Waals surface area contributed by atoms with Gasteiger partial charge in [-0.2, -0.15) is 0 Å². The Morgan fingerprint density at radius 2 is 1.75 bits per heavy atom. The molecule has 0 radical (unpaired) electrons. The molecule has 0 aliphatic heterocycles. The SMILES string of the molecule is C.C\C=C/C=C(\C(=C\C(C)CC)OCOP(=O)([O-])[O-])C(C)C.[Na+].[Na+]. The van der Waals surface area contributed by atoms with E-state index in [4.69, 9.17) is 4.74 Å². The molecule has 0 saturated carbocycles. The van der Waals surface area contributed by atoms with Gasteiger partial charge in [-0.3, -0.25) is 0 Å². The third-order valence-corrected chi connectivity index (χ3v) is 3.30. The molecule has 0 spiro atoms. The standard InChI is InChI=1S/C15H27O5P.CH4.2Na/c1-6-8-9-14(12(3)4)15(10-13(5)7-2)19-11-20-21(16,17)18;;;/h6,8-10,12-13H,7,11H2,1-5H3,(H2,16,17,18);1H4;;/q;;2*+1/p-2/b8-6-,14-9-,15-10-;;;. The summed E-state index contributed by atoms with van der Waals surface area (Å²) < 4.78 is 20.0. The van der Waals surface area contributed by atoms with Gasteiger partial charge in [0.25, 0.3) is 0 Å². The summed E-state index contributed by atoms with van der Waals surface area (Å²) in [6, 6.07) is 0. The van der Waals surface area contributed by atoms with Crippen molar-refractivity contribution in [3.63, 3.8) is 0 Å². The zero-order chi connectivity index (χ0) is 16.5. The Morgan fingerprint density at radius 1 is 1.21 bits per heavy atom. The number of allylic oxidation sites excluding steroid dienone is 5. The number of hydrogen-bond acceptors (Lipinski definition) is 5. The van der Waals surface area contributed by atoms with Crippen LogP contribution in [0.25, 0.3) is 0 Å². The van der Waals surface area contributed by atoms with Gasteiger partial charge in [-0.25, -0.2) is 0 Å². The third kappa shape index (κ3) is 16.6. The largest absolute Gasteiger partial charge is 1.00 e. The van der Waals surface area contributed by atoms with Crippen molar-refractivity contribution in [1.82, 2.24) is 0 Å². The van der Waals surface area contributed by atoms with Crippen LogP contribution in [0.5, 0.6) is 0 Å². The topological polar surface area (TPSA) is 81.7 Å². The molecule has 1 unspecified atom stereocenters. The Kier molecular flexibility index (Phi) is 24.0. The molecule has 0 aliphatic rings. The van der Waals surface area contributed by atoms with E-state index >= 15 is 0 Å². The average molecular weight is 378 g/mol. The van der Waals surface area contributed by atoms with Crippen molar-refractivity contribution in [2.45, 2.75) is 48.5 Å². The van der Waals surface area contributed by atoms with E-state index in [2.05, 4.69) is 4.52 Å². The maximum absolute atomic E-state index is 10.5. The number of ether oxygens (including phenoxy) is 1. The number of phosphoric acid groups is 1. The van der Waals surface area contributed by atoms with Crippen LogP contribution in [0.4, 0.5) is 0 Å². The molecule has 0 N–H and O–H groups in total. The van der Waals surface area contributed by atoms with Crippen molar-refractivity contribution in [3.8, 4) is 0 Å². The van der Waals surface area contributed by atoms with Gasteiger partial charge in [0.2, 0.25) is 0 Å². The van der Waals surface area contributed by atoms with Crippen LogP contribution in [0.15, 0.2) is 35.6 Å². The van der Waals surface area contributed by atoms with E-state index in [0.29, 0.717) is 5.76 Å². The van der Waals surface area contributed by atoms with Gasteiger partial charge in [0.15, 0.2) is 6.79 Å².